The lowest BCUT2D eigenvalue weighted by molar-refractivity contribution is 0.0939. The molecule has 0 radical (unpaired) electrons. The molecule has 0 aromatic heterocycles. The van der Waals surface area contributed by atoms with Gasteiger partial charge in [0.25, 0.3) is 5.91 Å². The number of hydrogen-bond donors (Lipinski definition) is 1. The molecule has 1 aromatic rings. The first kappa shape index (κ1) is 10.6. The topological polar surface area (TPSA) is 38.3 Å². The van der Waals surface area contributed by atoms with Crippen molar-refractivity contribution >= 4 is 5.91 Å². The molecule has 0 heterocycles. The molecule has 94 valence electrons. The fraction of sp³-hybridized carbons (Fsp3) is 0.462. The van der Waals surface area contributed by atoms with Gasteiger partial charge in [-0.3, -0.25) is 4.79 Å². The molecule has 17 heavy (non-hydrogen) atoms. The van der Waals surface area contributed by atoms with Crippen LogP contribution in [0.4, 0.5) is 4.39 Å². The molecule has 0 aliphatic carbocycles. The molecule has 3 nitrogen and oxygen atoms in total. The van der Waals surface area contributed by atoms with Crippen molar-refractivity contribution in [3.8, 4) is 5.75 Å². The van der Waals surface area contributed by atoms with Crippen LogP contribution in [-0.4, -0.2) is 19.1 Å². The second kappa shape index (κ2) is 5.66. The molecule has 0 aliphatic rings. The average molecular weight is 241 g/mol. The highest BCUT2D eigenvalue weighted by molar-refractivity contribution is 5.97. The van der Waals surface area contributed by atoms with E-state index >= 15 is 0 Å². The number of carbonyl (C=O) groups is 1. The number of halogens is 1. The first-order valence-corrected chi connectivity index (χ1v) is 5.35. The summed E-state index contributed by atoms with van der Waals surface area (Å²) in [5, 5.41) is 2.63. The van der Waals surface area contributed by atoms with E-state index < -0.39 is 18.1 Å². The molecule has 0 fully saturated rings. The normalized spacial score (nSPS) is 13.1. The van der Waals surface area contributed by atoms with Gasteiger partial charge in [-0.25, -0.2) is 4.39 Å². The van der Waals surface area contributed by atoms with Crippen LogP contribution in [0, 0.1) is 5.82 Å². The Hall–Kier alpha value is -1.58. The molecule has 1 aromatic carbocycles. The summed E-state index contributed by atoms with van der Waals surface area (Å²) in [4.78, 5) is 12.0. The van der Waals surface area contributed by atoms with Crippen molar-refractivity contribution < 1.29 is 16.7 Å². The number of nitrogens with one attached hydrogen (secondary N) is 1. The van der Waals surface area contributed by atoms with E-state index in [0.717, 1.165) is 12.1 Å². The lowest BCUT2D eigenvalue weighted by Crippen LogP contribution is -2.30. The maximum Gasteiger partial charge on any atom is 0.255 e. The third kappa shape index (κ3) is 3.19. The third-order valence-electron chi connectivity index (χ3n) is 2.19. The van der Waals surface area contributed by atoms with Gasteiger partial charge in [0.15, 0.2) is 0 Å². The summed E-state index contributed by atoms with van der Waals surface area (Å²) in [6.07, 6.45) is -1.81. The van der Waals surface area contributed by atoms with E-state index in [-0.39, 0.29) is 22.9 Å². The van der Waals surface area contributed by atoms with Crippen molar-refractivity contribution in [1.29, 1.82) is 0 Å². The summed E-state index contributed by atoms with van der Waals surface area (Å²) in [5.41, 5.74) is 0.0147. The number of benzene rings is 1. The zero-order valence-corrected chi connectivity index (χ0v) is 10.4. The van der Waals surface area contributed by atoms with Crippen molar-refractivity contribution in [3.05, 3.63) is 29.1 Å². The van der Waals surface area contributed by atoms with Crippen LogP contribution in [0.25, 0.3) is 0 Å². The van der Waals surface area contributed by atoms with Gasteiger partial charge >= 0.3 is 0 Å². The number of rotatable bonds is 4. The molecule has 1 amide bonds. The van der Waals surface area contributed by atoms with Crippen LogP contribution in [0.15, 0.2) is 12.1 Å². The maximum atomic E-state index is 13.6. The van der Waals surface area contributed by atoms with Crippen molar-refractivity contribution in [3.63, 3.8) is 0 Å². The zero-order valence-electron chi connectivity index (χ0n) is 12.4. The number of hydrogen-bond acceptors (Lipinski definition) is 2. The fourth-order valence-corrected chi connectivity index (χ4v) is 1.51. The Morgan fingerprint density at radius 2 is 2.24 bits per heavy atom. The highest BCUT2D eigenvalue weighted by Gasteiger charge is 2.17. The third-order valence-corrected chi connectivity index (χ3v) is 2.19. The van der Waals surface area contributed by atoms with Crippen LogP contribution in [0.1, 0.15) is 39.4 Å². The van der Waals surface area contributed by atoms with Gasteiger partial charge in [-0.2, -0.15) is 0 Å². The molecule has 0 saturated heterocycles. The SMILES string of the molecule is [2H]C([2H])(C)c1cc(F)cc(C(=O)NC(C)C)c1OC. The smallest absolute Gasteiger partial charge is 0.255 e. The largest absolute Gasteiger partial charge is 0.496 e. The average Bonchev–Trinajstić information content (AvgIpc) is 2.25. The maximum absolute atomic E-state index is 13.6. The second-order valence-corrected chi connectivity index (χ2v) is 3.91. The van der Waals surface area contributed by atoms with E-state index in [1.807, 2.05) is 0 Å². The Morgan fingerprint density at radius 3 is 2.71 bits per heavy atom. The number of amides is 1. The molecule has 1 rings (SSSR count). The first-order chi connectivity index (χ1) is 8.66. The predicted octanol–water partition coefficient (Wildman–Crippen LogP) is 2.53. The highest BCUT2D eigenvalue weighted by atomic mass is 19.1. The van der Waals surface area contributed by atoms with Gasteiger partial charge < -0.3 is 10.1 Å². The van der Waals surface area contributed by atoms with Crippen LogP contribution in [0.3, 0.4) is 0 Å². The van der Waals surface area contributed by atoms with E-state index in [9.17, 15) is 9.18 Å². The van der Waals surface area contributed by atoms with E-state index in [2.05, 4.69) is 5.32 Å². The quantitative estimate of drug-likeness (QED) is 0.879. The fourth-order valence-electron chi connectivity index (χ4n) is 1.51. The molecule has 0 unspecified atom stereocenters. The molecule has 0 bridgehead atoms. The van der Waals surface area contributed by atoms with Crippen LogP contribution in [-0.2, 0) is 6.37 Å². The lowest BCUT2D eigenvalue weighted by Gasteiger charge is -2.14. The molecule has 0 spiro atoms. The standard InChI is InChI=1S/C13H18FNO2/c1-5-9-6-10(14)7-11(12(9)17-4)13(16)15-8(2)3/h6-8H,5H2,1-4H3,(H,15,16)/i5D2. The Kier molecular flexibility index (Phi) is 3.52. The van der Waals surface area contributed by atoms with E-state index in [4.69, 9.17) is 7.48 Å². The number of aryl methyl sites for hydroxylation is 1. The minimum Gasteiger partial charge on any atom is -0.496 e. The Labute approximate surface area is 104 Å². The molecule has 0 saturated carbocycles. The summed E-state index contributed by atoms with van der Waals surface area (Å²) in [7, 11) is 1.33. The van der Waals surface area contributed by atoms with E-state index in [1.165, 1.54) is 14.0 Å². The van der Waals surface area contributed by atoms with Gasteiger partial charge in [-0.1, -0.05) is 6.92 Å². The molecule has 0 aliphatic heterocycles. The minimum absolute atomic E-state index is 0.00285. The first-order valence-electron chi connectivity index (χ1n) is 6.35. The van der Waals surface area contributed by atoms with Crippen LogP contribution < -0.4 is 10.1 Å². The minimum atomic E-state index is -1.81. The summed E-state index contributed by atoms with van der Waals surface area (Å²) in [6.45, 7) is 4.85. The van der Waals surface area contributed by atoms with E-state index in [1.54, 1.807) is 13.8 Å². The predicted molar refractivity (Wildman–Crippen MR) is 64.9 cm³/mol. The Morgan fingerprint density at radius 1 is 1.59 bits per heavy atom. The lowest BCUT2D eigenvalue weighted by atomic mass is 10.1. The molecule has 4 heteroatoms. The summed E-state index contributed by atoms with van der Waals surface area (Å²) >= 11 is 0. The number of methoxy groups -OCH3 is 1. The Balaban J connectivity index is 3.39. The van der Waals surface area contributed by atoms with Crippen LogP contribution in [0.5, 0.6) is 5.75 Å². The number of ether oxygens (including phenoxy) is 1. The van der Waals surface area contributed by atoms with Crippen LogP contribution in [0.2, 0.25) is 0 Å². The molecular weight excluding hydrogens is 221 g/mol. The van der Waals surface area contributed by atoms with Gasteiger partial charge in [0, 0.05) is 8.78 Å². The highest BCUT2D eigenvalue weighted by Crippen LogP contribution is 2.26. The van der Waals surface area contributed by atoms with Crippen molar-refractivity contribution in [1.82, 2.24) is 5.32 Å². The summed E-state index contributed by atoms with van der Waals surface area (Å²) < 4.78 is 34.0. The van der Waals surface area contributed by atoms with Crippen LogP contribution >= 0.6 is 0 Å². The van der Waals surface area contributed by atoms with Gasteiger partial charge in [-0.15, -0.1) is 0 Å². The van der Waals surface area contributed by atoms with Crippen molar-refractivity contribution in [2.75, 3.05) is 7.11 Å². The van der Waals surface area contributed by atoms with Gasteiger partial charge in [0.05, 0.1) is 12.7 Å². The monoisotopic (exact) mass is 241 g/mol. The van der Waals surface area contributed by atoms with Gasteiger partial charge in [-0.05, 0) is 37.9 Å². The Bertz CT molecular complexity index is 484. The number of carbonyl (C=O) groups excluding carboxylic acids is 1. The molecule has 1 N–H and O–H groups in total. The van der Waals surface area contributed by atoms with E-state index in [0.29, 0.717) is 0 Å². The second-order valence-electron chi connectivity index (χ2n) is 3.91. The van der Waals surface area contributed by atoms with Gasteiger partial charge in [0.2, 0.25) is 0 Å². The zero-order chi connectivity index (χ0) is 14.8. The summed E-state index contributed by atoms with van der Waals surface area (Å²) in [5.74, 6) is -1.10. The summed E-state index contributed by atoms with van der Waals surface area (Å²) in [6, 6.07) is 1.99. The molecular formula is C13H18FNO2. The van der Waals surface area contributed by atoms with Crippen molar-refractivity contribution in [2.24, 2.45) is 0 Å². The van der Waals surface area contributed by atoms with Gasteiger partial charge in [0.1, 0.15) is 11.6 Å². The van der Waals surface area contributed by atoms with Crippen molar-refractivity contribution in [2.45, 2.75) is 33.2 Å². The molecule has 0 atom stereocenters.